The molecule has 0 fully saturated rings. The van der Waals surface area contributed by atoms with Crippen molar-refractivity contribution in [3.63, 3.8) is 0 Å². The fourth-order valence-electron chi connectivity index (χ4n) is 2.46. The van der Waals surface area contributed by atoms with Crippen LogP contribution in [-0.4, -0.2) is 0 Å². The zero-order valence-electron chi connectivity index (χ0n) is 12.5. The molecular formula is C19H16F2S. The Morgan fingerprint density at radius 2 is 1.68 bits per heavy atom. The van der Waals surface area contributed by atoms with E-state index in [2.05, 4.69) is 38.1 Å². The monoisotopic (exact) mass is 314 g/mol. The first kappa shape index (κ1) is 14.9. The lowest BCUT2D eigenvalue weighted by atomic mass is 10.0. The molecule has 0 spiro atoms. The molecule has 3 heteroatoms. The van der Waals surface area contributed by atoms with E-state index in [-0.39, 0.29) is 0 Å². The molecular weight excluding hydrogens is 298 g/mol. The summed E-state index contributed by atoms with van der Waals surface area (Å²) in [6, 6.07) is 14.5. The van der Waals surface area contributed by atoms with Crippen LogP contribution in [0.2, 0.25) is 0 Å². The molecule has 0 aliphatic heterocycles. The molecule has 0 aliphatic rings. The average Bonchev–Trinajstić information content (AvgIpc) is 2.94. The van der Waals surface area contributed by atoms with Crippen molar-refractivity contribution >= 4 is 11.3 Å². The van der Waals surface area contributed by atoms with Crippen molar-refractivity contribution in [3.05, 3.63) is 81.7 Å². The molecule has 22 heavy (non-hydrogen) atoms. The van der Waals surface area contributed by atoms with E-state index in [1.165, 1.54) is 33.7 Å². The third-order valence-corrected chi connectivity index (χ3v) is 4.87. The van der Waals surface area contributed by atoms with Gasteiger partial charge in [0.25, 0.3) is 0 Å². The lowest BCUT2D eigenvalue weighted by Crippen LogP contribution is -1.90. The lowest BCUT2D eigenvalue weighted by Gasteiger charge is -2.05. The van der Waals surface area contributed by atoms with Crippen LogP contribution in [0.1, 0.15) is 21.6 Å². The first-order valence-electron chi connectivity index (χ1n) is 7.13. The van der Waals surface area contributed by atoms with Gasteiger partial charge in [-0.05, 0) is 54.8 Å². The molecule has 0 atom stereocenters. The summed E-state index contributed by atoms with van der Waals surface area (Å²) in [7, 11) is 0. The number of thiophene rings is 1. The molecule has 0 unspecified atom stereocenters. The molecule has 1 heterocycles. The van der Waals surface area contributed by atoms with Crippen molar-refractivity contribution in [1.82, 2.24) is 0 Å². The summed E-state index contributed by atoms with van der Waals surface area (Å²) in [5, 5.41) is 0. The molecule has 0 N–H and O–H groups in total. The Labute approximate surface area is 133 Å². The van der Waals surface area contributed by atoms with Crippen LogP contribution in [0, 0.1) is 25.5 Å². The predicted octanol–water partition coefficient (Wildman–Crippen LogP) is 5.90. The molecule has 0 radical (unpaired) electrons. The van der Waals surface area contributed by atoms with Gasteiger partial charge >= 0.3 is 0 Å². The van der Waals surface area contributed by atoms with Crippen LogP contribution >= 0.6 is 11.3 Å². The number of aryl methyl sites for hydroxylation is 2. The van der Waals surface area contributed by atoms with Crippen LogP contribution in [0.25, 0.3) is 10.4 Å². The van der Waals surface area contributed by atoms with Crippen molar-refractivity contribution in [1.29, 1.82) is 0 Å². The molecule has 2 aromatic carbocycles. The van der Waals surface area contributed by atoms with Gasteiger partial charge in [0, 0.05) is 16.2 Å². The number of halogens is 2. The lowest BCUT2D eigenvalue weighted by molar-refractivity contribution is 0.509. The molecule has 0 saturated carbocycles. The summed E-state index contributed by atoms with van der Waals surface area (Å²) < 4.78 is 26.4. The van der Waals surface area contributed by atoms with Crippen molar-refractivity contribution in [3.8, 4) is 10.4 Å². The van der Waals surface area contributed by atoms with Crippen molar-refractivity contribution < 1.29 is 8.78 Å². The van der Waals surface area contributed by atoms with Crippen molar-refractivity contribution in [2.75, 3.05) is 0 Å². The normalized spacial score (nSPS) is 10.9. The third-order valence-electron chi connectivity index (χ3n) is 3.74. The Balaban J connectivity index is 1.87. The van der Waals surface area contributed by atoms with Crippen LogP contribution in [-0.2, 0) is 6.42 Å². The summed E-state index contributed by atoms with van der Waals surface area (Å²) >= 11 is 1.62. The fourth-order valence-corrected chi connectivity index (χ4v) is 3.48. The Kier molecular flexibility index (Phi) is 4.08. The zero-order chi connectivity index (χ0) is 15.7. The van der Waals surface area contributed by atoms with E-state index in [4.69, 9.17) is 0 Å². The van der Waals surface area contributed by atoms with Gasteiger partial charge in [0.2, 0.25) is 0 Å². The number of rotatable bonds is 3. The van der Waals surface area contributed by atoms with Gasteiger partial charge in [0.15, 0.2) is 11.6 Å². The molecule has 112 valence electrons. The highest BCUT2D eigenvalue weighted by Crippen LogP contribution is 2.30. The summed E-state index contributed by atoms with van der Waals surface area (Å²) in [5.41, 5.74) is 4.54. The molecule has 0 saturated heterocycles. The van der Waals surface area contributed by atoms with Gasteiger partial charge < -0.3 is 0 Å². The highest BCUT2D eigenvalue weighted by Gasteiger charge is 2.08. The van der Waals surface area contributed by atoms with E-state index in [0.717, 1.165) is 16.9 Å². The summed E-state index contributed by atoms with van der Waals surface area (Å²) in [6.45, 7) is 4.20. The molecule has 0 aliphatic carbocycles. The molecule has 0 amide bonds. The predicted molar refractivity (Wildman–Crippen MR) is 88.4 cm³/mol. The van der Waals surface area contributed by atoms with Gasteiger partial charge in [0.05, 0.1) is 0 Å². The highest BCUT2D eigenvalue weighted by atomic mass is 32.1. The van der Waals surface area contributed by atoms with Crippen LogP contribution in [0.5, 0.6) is 0 Å². The van der Waals surface area contributed by atoms with Gasteiger partial charge in [0.1, 0.15) is 0 Å². The van der Waals surface area contributed by atoms with Crippen LogP contribution < -0.4 is 0 Å². The summed E-state index contributed by atoms with van der Waals surface area (Å²) in [6.07, 6.45) is 0.863. The standard InChI is InChI=1S/C19H16F2S/c1-12-3-4-13(2)15(9-12)10-16-6-8-19(22-16)14-5-7-17(20)18(21)11-14/h3-9,11H,10H2,1-2H3. The molecule has 0 nitrogen and oxygen atoms in total. The van der Waals surface area contributed by atoms with E-state index in [1.54, 1.807) is 17.4 Å². The third kappa shape index (κ3) is 3.09. The second-order valence-corrected chi connectivity index (χ2v) is 6.67. The van der Waals surface area contributed by atoms with E-state index in [9.17, 15) is 8.78 Å². The van der Waals surface area contributed by atoms with Crippen LogP contribution in [0.3, 0.4) is 0 Å². The topological polar surface area (TPSA) is 0 Å². The molecule has 0 bridgehead atoms. The van der Waals surface area contributed by atoms with Crippen molar-refractivity contribution in [2.24, 2.45) is 0 Å². The second-order valence-electron chi connectivity index (χ2n) is 5.50. The molecule has 3 aromatic rings. The zero-order valence-corrected chi connectivity index (χ0v) is 13.3. The van der Waals surface area contributed by atoms with Gasteiger partial charge in [-0.1, -0.05) is 29.8 Å². The number of hydrogen-bond acceptors (Lipinski definition) is 1. The first-order chi connectivity index (χ1) is 10.5. The molecule has 1 aromatic heterocycles. The van der Waals surface area contributed by atoms with E-state index < -0.39 is 11.6 Å². The van der Waals surface area contributed by atoms with Crippen LogP contribution in [0.4, 0.5) is 8.78 Å². The van der Waals surface area contributed by atoms with Gasteiger partial charge in [-0.15, -0.1) is 11.3 Å². The largest absolute Gasteiger partial charge is 0.204 e. The number of benzene rings is 2. The Bertz CT molecular complexity index is 818. The number of hydrogen-bond donors (Lipinski definition) is 0. The first-order valence-corrected chi connectivity index (χ1v) is 7.95. The Morgan fingerprint density at radius 1 is 0.864 bits per heavy atom. The van der Waals surface area contributed by atoms with E-state index >= 15 is 0 Å². The maximum absolute atomic E-state index is 13.3. The minimum atomic E-state index is -0.809. The Morgan fingerprint density at radius 3 is 2.45 bits per heavy atom. The maximum atomic E-state index is 13.3. The SMILES string of the molecule is Cc1ccc(C)c(Cc2ccc(-c3ccc(F)c(F)c3)s2)c1. The van der Waals surface area contributed by atoms with Crippen molar-refractivity contribution in [2.45, 2.75) is 20.3 Å². The van der Waals surface area contributed by atoms with Crippen LogP contribution in [0.15, 0.2) is 48.5 Å². The van der Waals surface area contributed by atoms with Gasteiger partial charge in [-0.25, -0.2) is 8.78 Å². The maximum Gasteiger partial charge on any atom is 0.159 e. The smallest absolute Gasteiger partial charge is 0.159 e. The Hall–Kier alpha value is -2.00. The summed E-state index contributed by atoms with van der Waals surface area (Å²) in [5.74, 6) is -1.61. The quantitative estimate of drug-likeness (QED) is 0.564. The fraction of sp³-hybridized carbons (Fsp3) is 0.158. The minimum absolute atomic E-state index is 0.719. The van der Waals surface area contributed by atoms with Gasteiger partial charge in [-0.2, -0.15) is 0 Å². The summed E-state index contributed by atoms with van der Waals surface area (Å²) in [4.78, 5) is 2.17. The van der Waals surface area contributed by atoms with E-state index in [1.807, 2.05) is 6.07 Å². The minimum Gasteiger partial charge on any atom is -0.204 e. The second kappa shape index (κ2) is 6.01. The van der Waals surface area contributed by atoms with E-state index in [0.29, 0.717) is 0 Å². The molecule has 3 rings (SSSR count). The van der Waals surface area contributed by atoms with Gasteiger partial charge in [-0.3, -0.25) is 0 Å². The highest BCUT2D eigenvalue weighted by molar-refractivity contribution is 7.15. The average molecular weight is 314 g/mol.